The lowest BCUT2D eigenvalue weighted by Crippen LogP contribution is -2.33. The van der Waals surface area contributed by atoms with Gasteiger partial charge in [0.2, 0.25) is 0 Å². The summed E-state index contributed by atoms with van der Waals surface area (Å²) in [5.74, 6) is 0.888. The van der Waals surface area contributed by atoms with E-state index in [1.54, 1.807) is 0 Å². The maximum Gasteiger partial charge on any atom is 0.271 e. The highest BCUT2D eigenvalue weighted by molar-refractivity contribution is 5.93. The van der Waals surface area contributed by atoms with Crippen molar-refractivity contribution in [2.24, 2.45) is 0 Å². The highest BCUT2D eigenvalue weighted by Crippen LogP contribution is 2.26. The highest BCUT2D eigenvalue weighted by Gasteiger charge is 2.25. The van der Waals surface area contributed by atoms with Crippen molar-refractivity contribution in [1.29, 1.82) is 0 Å². The number of likely N-dealkylation sites (N-methyl/N-ethyl adjacent to an activating group) is 1. The van der Waals surface area contributed by atoms with Crippen LogP contribution in [0.2, 0.25) is 0 Å². The highest BCUT2D eigenvalue weighted by atomic mass is 16.1. The average molecular weight is 307 g/mol. The lowest BCUT2D eigenvalue weighted by atomic mass is 10.0. The van der Waals surface area contributed by atoms with Gasteiger partial charge in [-0.3, -0.25) is 4.79 Å². The Kier molecular flexibility index (Phi) is 5.58. The molecule has 1 saturated heterocycles. The molecule has 0 atom stereocenters. The van der Waals surface area contributed by atoms with Crippen LogP contribution in [0.4, 0.5) is 0 Å². The topological polar surface area (TPSA) is 53.4 Å². The van der Waals surface area contributed by atoms with E-state index in [2.05, 4.69) is 31.7 Å². The third kappa shape index (κ3) is 3.87. The third-order valence-corrected chi connectivity index (χ3v) is 4.44. The minimum absolute atomic E-state index is 0.0610. The van der Waals surface area contributed by atoms with E-state index < -0.39 is 0 Å². The molecule has 6 nitrogen and oxygen atoms in total. The Hall–Kier alpha value is -1.40. The number of nitrogens with zero attached hydrogens (tertiary/aromatic N) is 4. The molecule has 0 spiro atoms. The van der Waals surface area contributed by atoms with Gasteiger partial charge in [-0.2, -0.15) is 0 Å². The Morgan fingerprint density at radius 1 is 1.32 bits per heavy atom. The van der Waals surface area contributed by atoms with Gasteiger partial charge in [0.25, 0.3) is 5.91 Å². The molecule has 0 aliphatic carbocycles. The van der Waals surface area contributed by atoms with Gasteiger partial charge in [-0.15, -0.1) is 0 Å². The summed E-state index contributed by atoms with van der Waals surface area (Å²) in [5.41, 5.74) is 1.57. The molecular weight excluding hydrogens is 278 g/mol. The molecule has 1 aromatic heterocycles. The Morgan fingerprint density at radius 3 is 2.55 bits per heavy atom. The summed E-state index contributed by atoms with van der Waals surface area (Å²) in [4.78, 5) is 21.3. The number of hydrogen-bond donors (Lipinski definition) is 1. The van der Waals surface area contributed by atoms with Gasteiger partial charge < -0.3 is 19.7 Å². The van der Waals surface area contributed by atoms with Gasteiger partial charge >= 0.3 is 0 Å². The molecule has 0 radical (unpaired) electrons. The molecule has 1 amide bonds. The SMILES string of the molecule is Cc1nc(C(=O)NCCN(C)C)c(C)n1C1CCN(C)CC1. The normalized spacial score (nSPS) is 17.2. The second-order valence-electron chi connectivity index (χ2n) is 6.56. The number of likely N-dealkylation sites (tertiary alicyclic amines) is 1. The van der Waals surface area contributed by atoms with E-state index >= 15 is 0 Å². The quantitative estimate of drug-likeness (QED) is 0.884. The van der Waals surface area contributed by atoms with E-state index in [0.29, 0.717) is 18.3 Å². The Morgan fingerprint density at radius 2 is 1.95 bits per heavy atom. The molecule has 6 heteroatoms. The molecule has 2 rings (SSSR count). The first kappa shape index (κ1) is 17.0. The predicted octanol–water partition coefficient (Wildman–Crippen LogP) is 1.06. The Labute approximate surface area is 133 Å². The summed E-state index contributed by atoms with van der Waals surface area (Å²) < 4.78 is 2.26. The van der Waals surface area contributed by atoms with Gasteiger partial charge in [0.15, 0.2) is 0 Å². The van der Waals surface area contributed by atoms with Crippen molar-refractivity contribution in [3.63, 3.8) is 0 Å². The van der Waals surface area contributed by atoms with Crippen LogP contribution in [0.5, 0.6) is 0 Å². The van der Waals surface area contributed by atoms with E-state index in [-0.39, 0.29) is 5.91 Å². The number of aryl methyl sites for hydroxylation is 1. The summed E-state index contributed by atoms with van der Waals surface area (Å²) in [6, 6.07) is 0.465. The molecule has 0 bridgehead atoms. The van der Waals surface area contributed by atoms with Crippen LogP contribution in [0.3, 0.4) is 0 Å². The molecule has 2 heterocycles. The van der Waals surface area contributed by atoms with Gasteiger partial charge in [-0.1, -0.05) is 0 Å². The van der Waals surface area contributed by atoms with Gasteiger partial charge in [0.05, 0.1) is 0 Å². The van der Waals surface area contributed by atoms with Crippen molar-refractivity contribution in [2.75, 3.05) is 47.3 Å². The van der Waals surface area contributed by atoms with Crippen LogP contribution in [-0.4, -0.2) is 72.6 Å². The number of hydrogen-bond acceptors (Lipinski definition) is 4. The van der Waals surface area contributed by atoms with Gasteiger partial charge in [-0.25, -0.2) is 4.98 Å². The Balaban J connectivity index is 2.08. The molecule has 0 unspecified atom stereocenters. The second-order valence-corrected chi connectivity index (χ2v) is 6.56. The van der Waals surface area contributed by atoms with Gasteiger partial charge in [0, 0.05) is 24.8 Å². The number of carbonyl (C=O) groups is 1. The van der Waals surface area contributed by atoms with Crippen LogP contribution >= 0.6 is 0 Å². The van der Waals surface area contributed by atoms with E-state index in [4.69, 9.17) is 0 Å². The molecule has 1 fully saturated rings. The van der Waals surface area contributed by atoms with Crippen LogP contribution in [0.25, 0.3) is 0 Å². The van der Waals surface area contributed by atoms with Crippen LogP contribution in [-0.2, 0) is 0 Å². The van der Waals surface area contributed by atoms with Crippen molar-refractivity contribution < 1.29 is 4.79 Å². The van der Waals surface area contributed by atoms with Crippen molar-refractivity contribution in [3.05, 3.63) is 17.2 Å². The molecule has 1 aliphatic heterocycles. The first-order valence-electron chi connectivity index (χ1n) is 8.07. The minimum Gasteiger partial charge on any atom is -0.349 e. The molecular formula is C16H29N5O. The minimum atomic E-state index is -0.0610. The lowest BCUT2D eigenvalue weighted by molar-refractivity contribution is 0.0945. The van der Waals surface area contributed by atoms with Crippen LogP contribution < -0.4 is 5.32 Å². The zero-order valence-electron chi connectivity index (χ0n) is 14.5. The van der Waals surface area contributed by atoms with Gasteiger partial charge in [0.1, 0.15) is 11.5 Å². The number of nitrogens with one attached hydrogen (secondary N) is 1. The maximum atomic E-state index is 12.3. The van der Waals surface area contributed by atoms with E-state index in [0.717, 1.165) is 44.0 Å². The van der Waals surface area contributed by atoms with E-state index in [9.17, 15) is 4.79 Å². The Bertz CT molecular complexity index is 515. The first-order chi connectivity index (χ1) is 10.4. The molecule has 1 N–H and O–H groups in total. The van der Waals surface area contributed by atoms with E-state index in [1.807, 2.05) is 27.9 Å². The second kappa shape index (κ2) is 7.24. The molecule has 1 aliphatic rings. The lowest BCUT2D eigenvalue weighted by Gasteiger charge is -2.31. The van der Waals surface area contributed by atoms with Gasteiger partial charge in [-0.05, 0) is 60.9 Å². The number of imidazole rings is 1. The fraction of sp³-hybridized carbons (Fsp3) is 0.750. The number of carbonyl (C=O) groups excluding carboxylic acids is 1. The van der Waals surface area contributed by atoms with Crippen molar-refractivity contribution in [2.45, 2.75) is 32.7 Å². The number of amides is 1. The average Bonchev–Trinajstić information content (AvgIpc) is 2.75. The molecule has 0 aromatic carbocycles. The summed E-state index contributed by atoms with van der Waals surface area (Å²) in [7, 11) is 6.15. The smallest absolute Gasteiger partial charge is 0.271 e. The van der Waals surface area contributed by atoms with Crippen molar-refractivity contribution in [1.82, 2.24) is 24.7 Å². The number of aromatic nitrogens is 2. The maximum absolute atomic E-state index is 12.3. The summed E-state index contributed by atoms with van der Waals surface area (Å²) >= 11 is 0. The first-order valence-corrected chi connectivity index (χ1v) is 8.07. The molecule has 22 heavy (non-hydrogen) atoms. The zero-order valence-corrected chi connectivity index (χ0v) is 14.5. The summed E-state index contributed by atoms with van der Waals surface area (Å²) in [5, 5.41) is 2.96. The van der Waals surface area contributed by atoms with Crippen LogP contribution in [0.15, 0.2) is 0 Å². The largest absolute Gasteiger partial charge is 0.349 e. The number of rotatable bonds is 5. The predicted molar refractivity (Wildman–Crippen MR) is 88.4 cm³/mol. The van der Waals surface area contributed by atoms with Crippen LogP contribution in [0.1, 0.15) is 40.9 Å². The molecule has 1 aromatic rings. The third-order valence-electron chi connectivity index (χ3n) is 4.44. The van der Waals surface area contributed by atoms with Crippen molar-refractivity contribution in [3.8, 4) is 0 Å². The van der Waals surface area contributed by atoms with Crippen LogP contribution in [0, 0.1) is 13.8 Å². The monoisotopic (exact) mass is 307 g/mol. The molecule has 124 valence electrons. The standard InChI is InChI=1S/C16H29N5O/c1-12-15(16(22)17-8-11-19(3)4)18-13(2)21(12)14-6-9-20(5)10-7-14/h14H,6-11H2,1-5H3,(H,17,22). The molecule has 0 saturated carbocycles. The fourth-order valence-corrected chi connectivity index (χ4v) is 3.14. The van der Waals surface area contributed by atoms with E-state index in [1.165, 1.54) is 0 Å². The van der Waals surface area contributed by atoms with Crippen molar-refractivity contribution >= 4 is 5.91 Å². The number of piperidine rings is 1. The fourth-order valence-electron chi connectivity index (χ4n) is 3.14. The summed E-state index contributed by atoms with van der Waals surface area (Å²) in [6.45, 7) is 7.70. The zero-order chi connectivity index (χ0) is 16.3. The summed E-state index contributed by atoms with van der Waals surface area (Å²) in [6.07, 6.45) is 2.24.